The smallest absolute Gasteiger partial charge is 0.485 e. The van der Waals surface area contributed by atoms with Gasteiger partial charge in [0.1, 0.15) is 11.9 Å². The highest BCUT2D eigenvalue weighted by atomic mass is 16.7. The highest BCUT2D eigenvalue weighted by Crippen LogP contribution is 2.36. The number of rotatable bonds is 5. The molecule has 154 valence electrons. The van der Waals surface area contributed by atoms with Gasteiger partial charge in [-0.2, -0.15) is 0 Å². The zero-order valence-corrected chi connectivity index (χ0v) is 17.3. The average molecular weight is 390 g/mol. The fourth-order valence-electron chi connectivity index (χ4n) is 3.62. The lowest BCUT2D eigenvalue weighted by Gasteiger charge is -2.32. The van der Waals surface area contributed by atoms with Gasteiger partial charge in [0.25, 0.3) is 0 Å². The Hall–Kier alpha value is -1.12. The minimum Gasteiger partial charge on any atom is -0.485 e. The highest BCUT2D eigenvalue weighted by molar-refractivity contribution is 6.62. The van der Waals surface area contributed by atoms with E-state index >= 15 is 0 Å². The van der Waals surface area contributed by atoms with Crippen molar-refractivity contribution in [3.8, 4) is 5.75 Å². The van der Waals surface area contributed by atoms with E-state index in [1.54, 1.807) is 0 Å². The van der Waals surface area contributed by atoms with Gasteiger partial charge in [-0.25, -0.2) is 0 Å². The third kappa shape index (κ3) is 4.24. The Morgan fingerprint density at radius 1 is 0.929 bits per heavy atom. The Labute approximate surface area is 167 Å². The third-order valence-electron chi connectivity index (χ3n) is 6.14. The number of hydrogen-bond donors (Lipinski definition) is 0. The molecular formula is C21H31BO6. The van der Waals surface area contributed by atoms with E-state index in [1.165, 1.54) is 0 Å². The first-order valence-electron chi connectivity index (χ1n) is 10.3. The molecule has 4 rings (SSSR count). The molecular weight excluding hydrogens is 359 g/mol. The van der Waals surface area contributed by atoms with Crippen molar-refractivity contribution in [3.63, 3.8) is 0 Å². The molecule has 3 aliphatic heterocycles. The zero-order valence-electron chi connectivity index (χ0n) is 17.3. The van der Waals surface area contributed by atoms with Crippen molar-refractivity contribution >= 4 is 12.6 Å². The predicted molar refractivity (Wildman–Crippen MR) is 106 cm³/mol. The molecule has 0 bridgehead atoms. The second kappa shape index (κ2) is 7.96. The van der Waals surface area contributed by atoms with Gasteiger partial charge < -0.3 is 28.3 Å². The number of benzene rings is 1. The largest absolute Gasteiger partial charge is 0.494 e. The van der Waals surface area contributed by atoms with Gasteiger partial charge in [-0.1, -0.05) is 12.1 Å². The van der Waals surface area contributed by atoms with Crippen molar-refractivity contribution in [3.05, 3.63) is 24.3 Å². The molecule has 0 N–H and O–H groups in total. The fourth-order valence-corrected chi connectivity index (χ4v) is 3.62. The SMILES string of the molecule is CC1(C)OB(c2ccc(O[C@H]3COC[C@@H]3OC3CCCCO3)cc2)OC1(C)C. The van der Waals surface area contributed by atoms with Gasteiger partial charge in [0.2, 0.25) is 0 Å². The molecule has 6 nitrogen and oxygen atoms in total. The second-order valence-electron chi connectivity index (χ2n) is 8.82. The van der Waals surface area contributed by atoms with Crippen molar-refractivity contribution in [1.82, 2.24) is 0 Å². The minimum atomic E-state index is -0.367. The quantitative estimate of drug-likeness (QED) is 0.721. The molecule has 3 fully saturated rings. The van der Waals surface area contributed by atoms with E-state index in [9.17, 15) is 0 Å². The lowest BCUT2D eigenvalue weighted by atomic mass is 9.79. The summed E-state index contributed by atoms with van der Waals surface area (Å²) in [7, 11) is -0.367. The van der Waals surface area contributed by atoms with Crippen molar-refractivity contribution in [2.75, 3.05) is 19.8 Å². The molecule has 0 spiro atoms. The van der Waals surface area contributed by atoms with E-state index < -0.39 is 0 Å². The molecule has 28 heavy (non-hydrogen) atoms. The molecule has 1 aromatic rings. The minimum absolute atomic E-state index is 0.106. The number of hydrogen-bond acceptors (Lipinski definition) is 6. The van der Waals surface area contributed by atoms with E-state index in [1.807, 2.05) is 24.3 Å². The molecule has 3 aliphatic rings. The van der Waals surface area contributed by atoms with Crippen LogP contribution in [0.25, 0.3) is 0 Å². The predicted octanol–water partition coefficient (Wildman–Crippen LogP) is 2.68. The highest BCUT2D eigenvalue weighted by Gasteiger charge is 2.51. The van der Waals surface area contributed by atoms with Gasteiger partial charge >= 0.3 is 7.12 Å². The monoisotopic (exact) mass is 390 g/mol. The molecule has 0 amide bonds. The average Bonchev–Trinajstić information content (AvgIpc) is 3.17. The summed E-state index contributed by atoms with van der Waals surface area (Å²) < 4.78 is 35.7. The Balaban J connectivity index is 1.35. The molecule has 1 aromatic carbocycles. The normalized spacial score (nSPS) is 31.9. The van der Waals surface area contributed by atoms with Crippen LogP contribution in [-0.4, -0.2) is 56.6 Å². The van der Waals surface area contributed by atoms with E-state index in [0.29, 0.717) is 13.2 Å². The van der Waals surface area contributed by atoms with Gasteiger partial charge in [0.15, 0.2) is 12.4 Å². The summed E-state index contributed by atoms with van der Waals surface area (Å²) in [6.45, 7) is 10.1. The second-order valence-corrected chi connectivity index (χ2v) is 8.82. The van der Waals surface area contributed by atoms with Gasteiger partial charge in [0.05, 0.1) is 24.4 Å². The topological polar surface area (TPSA) is 55.4 Å². The molecule has 7 heteroatoms. The maximum Gasteiger partial charge on any atom is 0.494 e. The lowest BCUT2D eigenvalue weighted by Crippen LogP contribution is -2.41. The lowest BCUT2D eigenvalue weighted by molar-refractivity contribution is -0.197. The van der Waals surface area contributed by atoms with E-state index in [4.69, 9.17) is 28.3 Å². The van der Waals surface area contributed by atoms with Crippen molar-refractivity contribution in [1.29, 1.82) is 0 Å². The maximum absolute atomic E-state index is 6.14. The van der Waals surface area contributed by atoms with E-state index in [-0.39, 0.29) is 36.8 Å². The molecule has 3 saturated heterocycles. The third-order valence-corrected chi connectivity index (χ3v) is 6.14. The standard InChI is InChI=1S/C21H31BO6/c1-20(2)21(3,4)28-22(27-20)15-8-10-16(11-9-15)25-17-13-23-14-18(17)26-19-7-5-6-12-24-19/h8-11,17-19H,5-7,12-14H2,1-4H3/t17-,18-,19?/m0/s1. The summed E-state index contributed by atoms with van der Waals surface area (Å²) in [5, 5.41) is 0. The van der Waals surface area contributed by atoms with Crippen molar-refractivity contribution < 1.29 is 28.3 Å². The van der Waals surface area contributed by atoms with Crippen LogP contribution in [0.2, 0.25) is 0 Å². The molecule has 0 aliphatic carbocycles. The Bertz CT molecular complexity index is 639. The van der Waals surface area contributed by atoms with E-state index in [0.717, 1.165) is 37.1 Å². The van der Waals surface area contributed by atoms with Crippen LogP contribution in [-0.2, 0) is 23.5 Å². The Morgan fingerprint density at radius 3 is 2.25 bits per heavy atom. The molecule has 0 radical (unpaired) electrons. The van der Waals surface area contributed by atoms with Crippen LogP contribution in [0.15, 0.2) is 24.3 Å². The van der Waals surface area contributed by atoms with Crippen LogP contribution >= 0.6 is 0 Å². The van der Waals surface area contributed by atoms with E-state index in [2.05, 4.69) is 27.7 Å². The van der Waals surface area contributed by atoms with Crippen LogP contribution in [0, 0.1) is 0 Å². The molecule has 3 atom stereocenters. The van der Waals surface area contributed by atoms with Gasteiger partial charge in [0, 0.05) is 6.61 Å². The van der Waals surface area contributed by atoms with Crippen LogP contribution in [0.4, 0.5) is 0 Å². The summed E-state index contributed by atoms with van der Waals surface area (Å²) in [5.41, 5.74) is 0.289. The molecule has 3 heterocycles. The molecule has 0 saturated carbocycles. The Morgan fingerprint density at radius 2 is 1.61 bits per heavy atom. The summed E-state index contributed by atoms with van der Waals surface area (Å²) >= 11 is 0. The van der Waals surface area contributed by atoms with Crippen LogP contribution in [0.3, 0.4) is 0 Å². The maximum atomic E-state index is 6.14. The van der Waals surface area contributed by atoms with Crippen LogP contribution in [0.5, 0.6) is 5.75 Å². The van der Waals surface area contributed by atoms with Gasteiger partial charge in [-0.3, -0.25) is 0 Å². The Kier molecular flexibility index (Phi) is 5.73. The van der Waals surface area contributed by atoms with Gasteiger partial charge in [-0.05, 0) is 64.6 Å². The zero-order chi connectivity index (χ0) is 19.8. The summed E-state index contributed by atoms with van der Waals surface area (Å²) in [4.78, 5) is 0. The summed E-state index contributed by atoms with van der Waals surface area (Å²) in [6.07, 6.45) is 2.81. The van der Waals surface area contributed by atoms with Crippen LogP contribution in [0.1, 0.15) is 47.0 Å². The molecule has 1 unspecified atom stereocenters. The first kappa shape index (κ1) is 20.2. The van der Waals surface area contributed by atoms with Gasteiger partial charge in [-0.15, -0.1) is 0 Å². The van der Waals surface area contributed by atoms with Crippen molar-refractivity contribution in [2.24, 2.45) is 0 Å². The molecule has 0 aromatic heterocycles. The summed E-state index contributed by atoms with van der Waals surface area (Å²) in [6, 6.07) is 7.89. The summed E-state index contributed by atoms with van der Waals surface area (Å²) in [5.74, 6) is 0.786. The first-order chi connectivity index (χ1) is 13.3. The first-order valence-corrected chi connectivity index (χ1v) is 10.3. The van der Waals surface area contributed by atoms with Crippen LogP contribution < -0.4 is 10.2 Å². The number of ether oxygens (including phenoxy) is 4. The fraction of sp³-hybridized carbons (Fsp3) is 0.714. The van der Waals surface area contributed by atoms with Crippen molar-refractivity contribution in [2.45, 2.75) is 76.7 Å².